The molecular weight excluding hydrogens is 364 g/mol. The Bertz CT molecular complexity index is 672. The molecule has 1 N–H and O–H groups in total. The van der Waals surface area contributed by atoms with Crippen LogP contribution in [0, 0.1) is 46.3 Å². The molecule has 4 aliphatic carbocycles. The zero-order chi connectivity index (χ0) is 21.7. The van der Waals surface area contributed by atoms with Crippen molar-refractivity contribution in [2.75, 3.05) is 0 Å². The normalized spacial score (nSPS) is 46.3. The van der Waals surface area contributed by atoms with Crippen LogP contribution in [-0.4, -0.2) is 11.2 Å². The third-order valence-corrected chi connectivity index (χ3v) is 11.2. The van der Waals surface area contributed by atoms with E-state index in [9.17, 15) is 5.11 Å². The Labute approximate surface area is 186 Å². The fraction of sp³-hybridized carbons (Fsp3) is 0.862. The molecule has 0 heterocycles. The van der Waals surface area contributed by atoms with Gasteiger partial charge in [0.25, 0.3) is 0 Å². The Morgan fingerprint density at radius 1 is 1.00 bits per heavy atom. The summed E-state index contributed by atoms with van der Waals surface area (Å²) in [6.07, 6.45) is 16.7. The maximum Gasteiger partial charge on any atom is 0.0543 e. The van der Waals surface area contributed by atoms with Gasteiger partial charge in [-0.1, -0.05) is 39.0 Å². The molecule has 1 nitrogen and oxygen atoms in total. The van der Waals surface area contributed by atoms with Crippen LogP contribution in [0.25, 0.3) is 0 Å². The first kappa shape index (κ1) is 22.6. The Morgan fingerprint density at radius 3 is 2.40 bits per heavy atom. The standard InChI is InChI=1S/C29H48O/c1-7-21(19(2)3)9-8-20(4)25-12-13-26-24-11-10-22-18-23(30)14-16-28(22,5)27(24)15-17-29(25,26)6/h7,20,22-27,30H,1,8-18H2,2-6H3. The van der Waals surface area contributed by atoms with Crippen molar-refractivity contribution in [1.82, 2.24) is 0 Å². The lowest BCUT2D eigenvalue weighted by Gasteiger charge is -2.61. The van der Waals surface area contributed by atoms with Crippen molar-refractivity contribution in [3.8, 4) is 0 Å². The van der Waals surface area contributed by atoms with Crippen LogP contribution in [0.1, 0.15) is 105 Å². The number of rotatable bonds is 5. The lowest BCUT2D eigenvalue weighted by Crippen LogP contribution is -2.54. The highest BCUT2D eigenvalue weighted by atomic mass is 16.3. The summed E-state index contributed by atoms with van der Waals surface area (Å²) in [6.45, 7) is 16.4. The van der Waals surface area contributed by atoms with Crippen LogP contribution in [0.15, 0.2) is 23.8 Å². The molecule has 0 aromatic carbocycles. The molecular formula is C29H48O. The van der Waals surface area contributed by atoms with Gasteiger partial charge in [-0.3, -0.25) is 0 Å². The van der Waals surface area contributed by atoms with Gasteiger partial charge in [0, 0.05) is 0 Å². The number of fused-ring (bicyclic) bond motifs is 5. The van der Waals surface area contributed by atoms with Gasteiger partial charge >= 0.3 is 0 Å². The number of aliphatic hydroxyl groups is 1. The highest BCUT2D eigenvalue weighted by molar-refractivity contribution is 5.21. The maximum absolute atomic E-state index is 10.3. The SMILES string of the molecule is C=CC(CCC(C)C1CCC2C3CCC4CC(O)CCC4(C)C3CCC12C)=C(C)C. The van der Waals surface area contributed by atoms with Crippen LogP contribution >= 0.6 is 0 Å². The molecule has 4 fully saturated rings. The molecule has 9 unspecified atom stereocenters. The predicted octanol–water partition coefficient (Wildman–Crippen LogP) is 7.94. The highest BCUT2D eigenvalue weighted by Crippen LogP contribution is 2.68. The van der Waals surface area contributed by atoms with Gasteiger partial charge in [-0.15, -0.1) is 0 Å². The zero-order valence-corrected chi connectivity index (χ0v) is 20.6. The molecule has 0 aromatic heterocycles. The van der Waals surface area contributed by atoms with E-state index in [0.717, 1.165) is 48.3 Å². The van der Waals surface area contributed by atoms with Crippen molar-refractivity contribution < 1.29 is 5.11 Å². The predicted molar refractivity (Wildman–Crippen MR) is 128 cm³/mol. The third kappa shape index (κ3) is 3.66. The molecule has 0 aromatic rings. The van der Waals surface area contributed by atoms with E-state index < -0.39 is 0 Å². The molecule has 0 spiro atoms. The van der Waals surface area contributed by atoms with Crippen LogP contribution in [0.3, 0.4) is 0 Å². The molecule has 0 radical (unpaired) electrons. The van der Waals surface area contributed by atoms with E-state index in [2.05, 4.69) is 47.3 Å². The molecule has 9 atom stereocenters. The van der Waals surface area contributed by atoms with E-state index in [-0.39, 0.29) is 6.10 Å². The minimum atomic E-state index is -0.0218. The second-order valence-corrected chi connectivity index (χ2v) is 12.6. The number of allylic oxidation sites excluding steroid dienone is 3. The molecule has 0 amide bonds. The van der Waals surface area contributed by atoms with Crippen molar-refractivity contribution in [1.29, 1.82) is 0 Å². The summed E-state index contributed by atoms with van der Waals surface area (Å²) in [5.41, 5.74) is 3.99. The Morgan fingerprint density at radius 2 is 1.70 bits per heavy atom. The van der Waals surface area contributed by atoms with Gasteiger partial charge in [-0.25, -0.2) is 0 Å². The fourth-order valence-corrected chi connectivity index (χ4v) is 9.35. The van der Waals surface area contributed by atoms with Gasteiger partial charge in [0.1, 0.15) is 0 Å². The first-order chi connectivity index (χ1) is 14.2. The van der Waals surface area contributed by atoms with Gasteiger partial charge in [-0.2, -0.15) is 0 Å². The summed E-state index contributed by atoms with van der Waals surface area (Å²) < 4.78 is 0. The Kier molecular flexibility index (Phi) is 6.35. The number of hydrogen-bond acceptors (Lipinski definition) is 1. The lowest BCUT2D eigenvalue weighted by atomic mass is 9.44. The second kappa shape index (κ2) is 8.42. The van der Waals surface area contributed by atoms with Gasteiger partial charge in [0.05, 0.1) is 6.10 Å². The monoisotopic (exact) mass is 412 g/mol. The number of aliphatic hydroxyl groups excluding tert-OH is 1. The van der Waals surface area contributed by atoms with E-state index in [4.69, 9.17) is 0 Å². The zero-order valence-electron chi connectivity index (χ0n) is 20.6. The molecule has 0 aliphatic heterocycles. The van der Waals surface area contributed by atoms with Crippen LogP contribution in [0.4, 0.5) is 0 Å². The van der Waals surface area contributed by atoms with E-state index in [1.807, 2.05) is 0 Å². The topological polar surface area (TPSA) is 20.2 Å². The van der Waals surface area contributed by atoms with Crippen LogP contribution in [-0.2, 0) is 0 Å². The first-order valence-corrected chi connectivity index (χ1v) is 13.2. The van der Waals surface area contributed by atoms with E-state index in [1.54, 1.807) is 0 Å². The summed E-state index contributed by atoms with van der Waals surface area (Å²) in [5.74, 6) is 5.35. The summed E-state index contributed by atoms with van der Waals surface area (Å²) in [7, 11) is 0. The van der Waals surface area contributed by atoms with Crippen molar-refractivity contribution in [2.45, 2.75) is 111 Å². The molecule has 0 saturated heterocycles. The average Bonchev–Trinajstić information content (AvgIpc) is 3.06. The average molecular weight is 413 g/mol. The minimum absolute atomic E-state index is 0.0218. The lowest BCUT2D eigenvalue weighted by molar-refractivity contribution is -0.129. The molecule has 4 saturated carbocycles. The molecule has 1 heteroatoms. The van der Waals surface area contributed by atoms with E-state index in [1.165, 1.54) is 68.9 Å². The van der Waals surface area contributed by atoms with E-state index in [0.29, 0.717) is 10.8 Å². The fourth-order valence-electron chi connectivity index (χ4n) is 9.35. The third-order valence-electron chi connectivity index (χ3n) is 11.2. The van der Waals surface area contributed by atoms with Crippen LogP contribution < -0.4 is 0 Å². The molecule has 4 rings (SSSR count). The maximum atomic E-state index is 10.3. The van der Waals surface area contributed by atoms with Gasteiger partial charge < -0.3 is 5.11 Å². The first-order valence-electron chi connectivity index (χ1n) is 13.2. The van der Waals surface area contributed by atoms with Crippen LogP contribution in [0.5, 0.6) is 0 Å². The summed E-state index contributed by atoms with van der Waals surface area (Å²) in [4.78, 5) is 0. The van der Waals surface area contributed by atoms with Crippen molar-refractivity contribution in [3.05, 3.63) is 23.8 Å². The van der Waals surface area contributed by atoms with Crippen molar-refractivity contribution >= 4 is 0 Å². The van der Waals surface area contributed by atoms with Gasteiger partial charge in [-0.05, 0) is 136 Å². The summed E-state index contributed by atoms with van der Waals surface area (Å²) >= 11 is 0. The quantitative estimate of drug-likeness (QED) is 0.454. The number of hydrogen-bond donors (Lipinski definition) is 1. The Hall–Kier alpha value is -0.560. The minimum Gasteiger partial charge on any atom is -0.393 e. The molecule has 4 aliphatic rings. The van der Waals surface area contributed by atoms with Crippen molar-refractivity contribution in [3.63, 3.8) is 0 Å². The van der Waals surface area contributed by atoms with Crippen LogP contribution in [0.2, 0.25) is 0 Å². The smallest absolute Gasteiger partial charge is 0.0543 e. The summed E-state index contributed by atoms with van der Waals surface area (Å²) in [6, 6.07) is 0. The largest absolute Gasteiger partial charge is 0.393 e. The van der Waals surface area contributed by atoms with Gasteiger partial charge in [0.15, 0.2) is 0 Å². The Balaban J connectivity index is 1.47. The highest BCUT2D eigenvalue weighted by Gasteiger charge is 2.60. The second-order valence-electron chi connectivity index (χ2n) is 12.6. The molecule has 0 bridgehead atoms. The van der Waals surface area contributed by atoms with Crippen molar-refractivity contribution in [2.24, 2.45) is 46.3 Å². The molecule has 170 valence electrons. The van der Waals surface area contributed by atoms with Gasteiger partial charge in [0.2, 0.25) is 0 Å². The van der Waals surface area contributed by atoms with E-state index >= 15 is 0 Å². The summed E-state index contributed by atoms with van der Waals surface area (Å²) in [5, 5.41) is 10.3. The molecule has 30 heavy (non-hydrogen) atoms.